The Morgan fingerprint density at radius 2 is 1.68 bits per heavy atom. The Kier molecular flexibility index (Phi) is 6.63. The van der Waals surface area contributed by atoms with E-state index in [1.165, 1.54) is 5.56 Å². The van der Waals surface area contributed by atoms with Crippen molar-refractivity contribution >= 4 is 5.82 Å². The maximum absolute atomic E-state index is 13.4. The highest BCUT2D eigenvalue weighted by Gasteiger charge is 2.35. The predicted octanol–water partition coefficient (Wildman–Crippen LogP) is 7.44. The summed E-state index contributed by atoms with van der Waals surface area (Å²) >= 11 is 0. The van der Waals surface area contributed by atoms with Crippen LogP contribution in [0.2, 0.25) is 0 Å². The van der Waals surface area contributed by atoms with Crippen LogP contribution in [0.4, 0.5) is 19.0 Å². The smallest absolute Gasteiger partial charge is 0.343 e. The van der Waals surface area contributed by atoms with Crippen LogP contribution >= 0.6 is 0 Å². The molecule has 2 aromatic carbocycles. The number of rotatable bonds is 6. The summed E-state index contributed by atoms with van der Waals surface area (Å²) in [5.74, 6) is 2.96. The highest BCUT2D eigenvalue weighted by Crippen LogP contribution is 2.35. The van der Waals surface area contributed by atoms with Crippen LogP contribution < -0.4 is 4.90 Å². The summed E-state index contributed by atoms with van der Waals surface area (Å²) in [7, 11) is 0. The number of imidazole rings is 2. The SMILES string of the molecule is CC(C)c1ccccc1-c1ncc2c(n1)N(Cc1ccc(-c3nc(C(F)(F)F)cn3C(C)C)cc1)Cc1nccn1-2. The molecule has 0 radical (unpaired) electrons. The van der Waals surface area contributed by atoms with Gasteiger partial charge < -0.3 is 9.47 Å². The van der Waals surface area contributed by atoms with Gasteiger partial charge in [-0.2, -0.15) is 13.2 Å². The Morgan fingerprint density at radius 1 is 0.927 bits per heavy atom. The van der Waals surface area contributed by atoms with E-state index in [-0.39, 0.29) is 6.04 Å². The van der Waals surface area contributed by atoms with Crippen LogP contribution in [0.1, 0.15) is 62.3 Å². The van der Waals surface area contributed by atoms with Crippen molar-refractivity contribution in [3.05, 3.63) is 96.0 Å². The minimum Gasteiger partial charge on any atom is -0.343 e. The second-order valence-electron chi connectivity index (χ2n) is 10.9. The summed E-state index contributed by atoms with van der Waals surface area (Å²) in [6.45, 7) is 9.08. The first-order valence-corrected chi connectivity index (χ1v) is 13.6. The molecular weight excluding hydrogens is 527 g/mol. The second-order valence-corrected chi connectivity index (χ2v) is 10.9. The molecule has 0 N–H and O–H groups in total. The van der Waals surface area contributed by atoms with Gasteiger partial charge in [0.2, 0.25) is 0 Å². The molecule has 0 fully saturated rings. The third kappa shape index (κ3) is 4.98. The molecule has 6 rings (SSSR count). The van der Waals surface area contributed by atoms with Crippen molar-refractivity contribution < 1.29 is 13.2 Å². The maximum atomic E-state index is 13.4. The van der Waals surface area contributed by atoms with Gasteiger partial charge in [-0.15, -0.1) is 0 Å². The Morgan fingerprint density at radius 3 is 2.39 bits per heavy atom. The van der Waals surface area contributed by atoms with E-state index in [0.717, 1.165) is 34.7 Å². The number of alkyl halides is 3. The Hall–Kier alpha value is -4.47. The van der Waals surface area contributed by atoms with Crippen LogP contribution in [0.15, 0.2) is 73.3 Å². The molecule has 4 heterocycles. The van der Waals surface area contributed by atoms with Crippen LogP contribution in [0.25, 0.3) is 28.5 Å². The van der Waals surface area contributed by atoms with E-state index in [9.17, 15) is 13.2 Å². The van der Waals surface area contributed by atoms with Gasteiger partial charge in [0.15, 0.2) is 17.3 Å². The molecule has 0 amide bonds. The molecule has 1 aliphatic heterocycles. The van der Waals surface area contributed by atoms with Crippen molar-refractivity contribution in [2.24, 2.45) is 0 Å². The highest BCUT2D eigenvalue weighted by molar-refractivity contribution is 5.68. The van der Waals surface area contributed by atoms with Gasteiger partial charge in [-0.3, -0.25) is 4.57 Å². The van der Waals surface area contributed by atoms with E-state index < -0.39 is 11.9 Å². The summed E-state index contributed by atoms with van der Waals surface area (Å²) in [5, 5.41) is 0. The van der Waals surface area contributed by atoms with Crippen molar-refractivity contribution in [1.29, 1.82) is 0 Å². The minimum atomic E-state index is -4.50. The molecule has 0 aliphatic carbocycles. The number of benzene rings is 2. The van der Waals surface area contributed by atoms with Crippen molar-refractivity contribution in [3.63, 3.8) is 0 Å². The Bertz CT molecular complexity index is 1700. The monoisotopic (exact) mass is 557 g/mol. The van der Waals surface area contributed by atoms with Gasteiger partial charge in [-0.1, -0.05) is 62.4 Å². The first kappa shape index (κ1) is 26.7. The zero-order valence-electron chi connectivity index (χ0n) is 23.3. The fourth-order valence-electron chi connectivity index (χ4n) is 5.27. The molecule has 0 atom stereocenters. The van der Waals surface area contributed by atoms with Crippen molar-refractivity contribution in [1.82, 2.24) is 29.1 Å². The van der Waals surface area contributed by atoms with Crippen molar-refractivity contribution in [2.45, 2.75) is 58.9 Å². The van der Waals surface area contributed by atoms with Crippen LogP contribution in [0, 0.1) is 0 Å². The first-order valence-electron chi connectivity index (χ1n) is 13.6. The fraction of sp³-hybridized carbons (Fsp3) is 0.290. The lowest BCUT2D eigenvalue weighted by atomic mass is 9.97. The first-order chi connectivity index (χ1) is 19.6. The van der Waals surface area contributed by atoms with Gasteiger partial charge in [0.25, 0.3) is 0 Å². The van der Waals surface area contributed by atoms with Crippen LogP contribution in [-0.2, 0) is 19.3 Å². The number of hydrogen-bond donors (Lipinski definition) is 0. The van der Waals surface area contributed by atoms with Gasteiger partial charge in [-0.25, -0.2) is 19.9 Å². The molecule has 10 heteroatoms. The molecule has 7 nitrogen and oxygen atoms in total. The summed E-state index contributed by atoms with van der Waals surface area (Å²) in [4.78, 5) is 20.4. The third-order valence-corrected chi connectivity index (χ3v) is 7.35. The number of halogens is 3. The molecule has 0 saturated heterocycles. The molecule has 41 heavy (non-hydrogen) atoms. The van der Waals surface area contributed by atoms with E-state index in [2.05, 4.69) is 40.8 Å². The fourth-order valence-corrected chi connectivity index (χ4v) is 5.27. The molecule has 5 aromatic rings. The summed E-state index contributed by atoms with van der Waals surface area (Å²) < 4.78 is 43.7. The lowest BCUT2D eigenvalue weighted by Gasteiger charge is -2.31. The quantitative estimate of drug-likeness (QED) is 0.217. The molecule has 1 aliphatic rings. The highest BCUT2D eigenvalue weighted by atomic mass is 19.4. The topological polar surface area (TPSA) is 64.7 Å². The van der Waals surface area contributed by atoms with Gasteiger partial charge in [0, 0.05) is 42.3 Å². The minimum absolute atomic E-state index is 0.170. The zero-order valence-corrected chi connectivity index (χ0v) is 23.3. The summed E-state index contributed by atoms with van der Waals surface area (Å²) in [6.07, 6.45) is 2.11. The van der Waals surface area contributed by atoms with Crippen molar-refractivity contribution in [3.8, 4) is 28.5 Å². The number of anilines is 1. The molecule has 0 unspecified atom stereocenters. The van der Waals surface area contributed by atoms with E-state index in [1.54, 1.807) is 10.8 Å². The predicted molar refractivity (Wildman–Crippen MR) is 152 cm³/mol. The summed E-state index contributed by atoms with van der Waals surface area (Å²) in [5.41, 5.74) is 3.76. The number of nitrogens with zero attached hydrogens (tertiary/aromatic N) is 7. The van der Waals surface area contributed by atoms with Crippen molar-refractivity contribution in [2.75, 3.05) is 4.90 Å². The standard InChI is InChI=1S/C31H30F3N7/c1-19(2)23-7-5-6-8-24(23)28-36-15-25-30(38-28)39(18-27-35-13-14-40(25)27)16-21-9-11-22(12-10-21)29-37-26(31(32,33)34)17-41(29)20(3)4/h5-15,17,19-20H,16,18H2,1-4H3. The van der Waals surface area contributed by atoms with Gasteiger partial charge in [0.05, 0.1) is 12.7 Å². The number of fused-ring (bicyclic) bond motifs is 3. The molecule has 0 spiro atoms. The summed E-state index contributed by atoms with van der Waals surface area (Å²) in [6, 6.07) is 15.5. The van der Waals surface area contributed by atoms with Crippen LogP contribution in [0.5, 0.6) is 0 Å². The molecule has 3 aromatic heterocycles. The van der Waals surface area contributed by atoms with Gasteiger partial charge in [-0.05, 0) is 30.9 Å². The molecule has 0 bridgehead atoms. The lowest BCUT2D eigenvalue weighted by Crippen LogP contribution is -2.30. The lowest BCUT2D eigenvalue weighted by molar-refractivity contribution is -0.140. The van der Waals surface area contributed by atoms with Gasteiger partial charge >= 0.3 is 6.18 Å². The Balaban J connectivity index is 1.34. The van der Waals surface area contributed by atoms with Crippen LogP contribution in [0.3, 0.4) is 0 Å². The van der Waals surface area contributed by atoms with Gasteiger partial charge in [0.1, 0.15) is 17.3 Å². The van der Waals surface area contributed by atoms with E-state index in [0.29, 0.717) is 36.2 Å². The van der Waals surface area contributed by atoms with E-state index >= 15 is 0 Å². The molecular formula is C31H30F3N7. The maximum Gasteiger partial charge on any atom is 0.434 e. The van der Waals surface area contributed by atoms with E-state index in [4.69, 9.17) is 9.97 Å². The largest absolute Gasteiger partial charge is 0.434 e. The van der Waals surface area contributed by atoms with Crippen LogP contribution in [-0.4, -0.2) is 29.1 Å². The molecule has 210 valence electrons. The number of aromatic nitrogens is 6. The third-order valence-electron chi connectivity index (χ3n) is 7.35. The number of hydrogen-bond acceptors (Lipinski definition) is 5. The Labute approximate surface area is 236 Å². The normalized spacial score (nSPS) is 13.1. The second kappa shape index (κ2) is 10.2. The zero-order chi connectivity index (χ0) is 28.9. The average Bonchev–Trinajstić information content (AvgIpc) is 3.61. The average molecular weight is 558 g/mol. The molecule has 0 saturated carbocycles. The van der Waals surface area contributed by atoms with E-state index in [1.807, 2.05) is 67.2 Å².